The molecular weight excluding hydrogens is 407 g/mol. The number of allylic oxidation sites excluding steroid dienone is 2. The van der Waals surface area contributed by atoms with Gasteiger partial charge >= 0.3 is 0 Å². The lowest BCUT2D eigenvalue weighted by atomic mass is 9.98. The van der Waals surface area contributed by atoms with Gasteiger partial charge in [0.1, 0.15) is 11.5 Å². The summed E-state index contributed by atoms with van der Waals surface area (Å²) in [6.45, 7) is 3.04. The van der Waals surface area contributed by atoms with Crippen LogP contribution in [-0.2, 0) is 22.7 Å². The Bertz CT molecular complexity index is 1480. The van der Waals surface area contributed by atoms with E-state index in [1.165, 1.54) is 19.1 Å². The average molecular weight is 428 g/mol. The zero-order valence-corrected chi connectivity index (χ0v) is 17.6. The van der Waals surface area contributed by atoms with E-state index in [2.05, 4.69) is 9.55 Å². The number of halogens is 1. The number of aromatic nitrogens is 3. The molecular formula is C25H21FN4O2. The van der Waals surface area contributed by atoms with E-state index in [4.69, 9.17) is 0 Å². The van der Waals surface area contributed by atoms with Crippen LogP contribution in [0.5, 0.6) is 0 Å². The van der Waals surface area contributed by atoms with Crippen molar-refractivity contribution in [2.75, 3.05) is 6.54 Å². The Labute approximate surface area is 183 Å². The van der Waals surface area contributed by atoms with Crippen molar-refractivity contribution in [1.29, 1.82) is 0 Å². The van der Waals surface area contributed by atoms with E-state index >= 15 is 0 Å². The first-order chi connectivity index (χ1) is 15.5. The zero-order chi connectivity index (χ0) is 22.0. The van der Waals surface area contributed by atoms with Gasteiger partial charge in [-0.1, -0.05) is 6.07 Å². The quantitative estimate of drug-likeness (QED) is 0.484. The molecule has 0 saturated carbocycles. The van der Waals surface area contributed by atoms with E-state index in [9.17, 15) is 14.0 Å². The number of Topliss-reactive ketones (excluding diaryl/α,β-unsaturated/α-hetero) is 1. The number of pyridine rings is 1. The zero-order valence-electron chi connectivity index (χ0n) is 17.6. The second-order valence-corrected chi connectivity index (χ2v) is 8.49. The number of fused-ring (bicyclic) bond motifs is 1. The largest absolute Gasteiger partial charge is 0.345 e. The lowest BCUT2D eigenvalue weighted by molar-refractivity contribution is -0.129. The van der Waals surface area contributed by atoms with Crippen LogP contribution in [0.3, 0.4) is 0 Å². The summed E-state index contributed by atoms with van der Waals surface area (Å²) in [7, 11) is 0. The minimum Gasteiger partial charge on any atom is -0.345 e. The van der Waals surface area contributed by atoms with Crippen molar-refractivity contribution in [3.05, 3.63) is 71.6 Å². The SMILES string of the molecule is CC(=O)N1CCn2cc(C3=C(c4cnc5ccccn45)CCC3=O)c3cc(F)cc(c32)C1. The Kier molecular flexibility index (Phi) is 4.08. The van der Waals surface area contributed by atoms with Crippen LogP contribution in [0.2, 0.25) is 0 Å². The smallest absolute Gasteiger partial charge is 0.219 e. The van der Waals surface area contributed by atoms with Gasteiger partial charge in [-0.2, -0.15) is 0 Å². The fourth-order valence-electron chi connectivity index (χ4n) is 5.15. The van der Waals surface area contributed by atoms with Crippen molar-refractivity contribution >= 4 is 39.4 Å². The van der Waals surface area contributed by atoms with Crippen LogP contribution >= 0.6 is 0 Å². The van der Waals surface area contributed by atoms with Crippen LogP contribution < -0.4 is 0 Å². The molecule has 4 heterocycles. The van der Waals surface area contributed by atoms with E-state index in [-0.39, 0.29) is 17.5 Å². The van der Waals surface area contributed by atoms with Crippen LogP contribution in [0.25, 0.3) is 27.7 Å². The van der Waals surface area contributed by atoms with Gasteiger partial charge in [0.2, 0.25) is 5.91 Å². The highest BCUT2D eigenvalue weighted by atomic mass is 19.1. The fraction of sp³-hybridized carbons (Fsp3) is 0.240. The molecule has 6 rings (SSSR count). The monoisotopic (exact) mass is 428 g/mol. The summed E-state index contributed by atoms with van der Waals surface area (Å²) in [6.07, 6.45) is 6.77. The van der Waals surface area contributed by atoms with Crippen molar-refractivity contribution in [2.24, 2.45) is 0 Å². The molecule has 0 spiro atoms. The van der Waals surface area contributed by atoms with Gasteiger partial charge in [0.25, 0.3) is 0 Å². The molecule has 6 nitrogen and oxygen atoms in total. The van der Waals surface area contributed by atoms with Crippen LogP contribution in [0.15, 0.2) is 48.9 Å². The van der Waals surface area contributed by atoms with E-state index in [0.29, 0.717) is 38.0 Å². The molecule has 3 aromatic heterocycles. The summed E-state index contributed by atoms with van der Waals surface area (Å²) in [4.78, 5) is 31.3. The lowest BCUT2D eigenvalue weighted by Gasteiger charge is -2.18. The fourth-order valence-corrected chi connectivity index (χ4v) is 5.15. The van der Waals surface area contributed by atoms with Crippen molar-refractivity contribution in [3.63, 3.8) is 0 Å². The Morgan fingerprint density at radius 1 is 1.16 bits per heavy atom. The molecule has 7 heteroatoms. The second kappa shape index (κ2) is 6.88. The summed E-state index contributed by atoms with van der Waals surface area (Å²) in [6, 6.07) is 8.82. The average Bonchev–Trinajstić information content (AvgIpc) is 3.41. The number of amides is 1. The first-order valence-corrected chi connectivity index (χ1v) is 10.8. The molecule has 2 aliphatic rings. The predicted molar refractivity (Wildman–Crippen MR) is 119 cm³/mol. The highest BCUT2D eigenvalue weighted by Gasteiger charge is 2.31. The molecule has 0 radical (unpaired) electrons. The van der Waals surface area contributed by atoms with E-state index < -0.39 is 0 Å². The van der Waals surface area contributed by atoms with E-state index in [1.54, 1.807) is 4.90 Å². The number of imidazole rings is 1. The molecule has 0 N–H and O–H groups in total. The van der Waals surface area contributed by atoms with Crippen LogP contribution in [0, 0.1) is 5.82 Å². The number of ketones is 1. The molecule has 1 aromatic carbocycles. The third-order valence-corrected chi connectivity index (χ3v) is 6.61. The normalized spacial score (nSPS) is 16.4. The van der Waals surface area contributed by atoms with Gasteiger partial charge < -0.3 is 9.47 Å². The summed E-state index contributed by atoms with van der Waals surface area (Å²) < 4.78 is 18.7. The topological polar surface area (TPSA) is 59.6 Å². The molecule has 0 unspecified atom stereocenters. The molecule has 1 aliphatic carbocycles. The third-order valence-electron chi connectivity index (χ3n) is 6.61. The van der Waals surface area contributed by atoms with Gasteiger partial charge in [-0.3, -0.25) is 14.0 Å². The standard InChI is InChI=1S/C25H21FN4O2/c1-15(31)28-8-9-29-14-20(19-11-17(26)10-16(13-28)25(19)29)24-18(5-6-22(24)32)21-12-27-23-4-2-3-7-30(21)23/h2-4,7,10-12,14H,5-6,8-9,13H2,1H3. The van der Waals surface area contributed by atoms with Crippen molar-refractivity contribution < 1.29 is 14.0 Å². The third kappa shape index (κ3) is 2.74. The maximum atomic E-state index is 14.7. The number of carbonyl (C=O) groups is 2. The molecule has 160 valence electrons. The highest BCUT2D eigenvalue weighted by Crippen LogP contribution is 2.42. The molecule has 0 atom stereocenters. The van der Waals surface area contributed by atoms with Gasteiger partial charge in [-0.25, -0.2) is 9.37 Å². The number of carbonyl (C=O) groups excluding carboxylic acids is 2. The molecule has 0 bridgehead atoms. The number of benzene rings is 1. The van der Waals surface area contributed by atoms with Gasteiger partial charge in [0.15, 0.2) is 5.78 Å². The summed E-state index contributed by atoms with van der Waals surface area (Å²) in [5.41, 5.74) is 5.74. The Morgan fingerprint density at radius 2 is 2.03 bits per heavy atom. The minimum atomic E-state index is -0.362. The first kappa shape index (κ1) is 19.0. The number of hydrogen-bond donors (Lipinski definition) is 0. The maximum Gasteiger partial charge on any atom is 0.219 e. The van der Waals surface area contributed by atoms with Gasteiger partial charge in [0.05, 0.1) is 17.4 Å². The summed E-state index contributed by atoms with van der Waals surface area (Å²) in [5.74, 6) is -0.325. The van der Waals surface area contributed by atoms with E-state index in [0.717, 1.165) is 38.9 Å². The molecule has 4 aromatic rings. The highest BCUT2D eigenvalue weighted by molar-refractivity contribution is 6.33. The molecule has 1 amide bonds. The van der Waals surface area contributed by atoms with Crippen molar-refractivity contribution in [1.82, 2.24) is 18.9 Å². The summed E-state index contributed by atoms with van der Waals surface area (Å²) >= 11 is 0. The number of rotatable bonds is 2. The second-order valence-electron chi connectivity index (χ2n) is 8.49. The number of nitrogens with zero attached hydrogens (tertiary/aromatic N) is 4. The van der Waals surface area contributed by atoms with E-state index in [1.807, 2.05) is 41.2 Å². The lowest BCUT2D eigenvalue weighted by Crippen LogP contribution is -2.29. The maximum absolute atomic E-state index is 14.7. The minimum absolute atomic E-state index is 0.0306. The molecule has 1 aliphatic heterocycles. The van der Waals surface area contributed by atoms with Gasteiger partial charge in [0, 0.05) is 61.9 Å². The Morgan fingerprint density at radius 3 is 2.88 bits per heavy atom. The summed E-state index contributed by atoms with van der Waals surface area (Å²) in [5, 5.41) is 0.724. The molecule has 0 fully saturated rings. The van der Waals surface area contributed by atoms with Crippen molar-refractivity contribution in [2.45, 2.75) is 32.9 Å². The van der Waals surface area contributed by atoms with Crippen LogP contribution in [0.4, 0.5) is 4.39 Å². The molecule has 32 heavy (non-hydrogen) atoms. The Hall–Kier alpha value is -3.74. The molecule has 0 saturated heterocycles. The Balaban J connectivity index is 1.60. The number of hydrogen-bond acceptors (Lipinski definition) is 3. The van der Waals surface area contributed by atoms with Gasteiger partial charge in [-0.15, -0.1) is 0 Å². The van der Waals surface area contributed by atoms with Crippen molar-refractivity contribution in [3.8, 4) is 0 Å². The first-order valence-electron chi connectivity index (χ1n) is 10.8. The predicted octanol–water partition coefficient (Wildman–Crippen LogP) is 4.06. The van der Waals surface area contributed by atoms with Crippen LogP contribution in [-0.4, -0.2) is 37.1 Å². The van der Waals surface area contributed by atoms with Crippen LogP contribution in [0.1, 0.15) is 36.6 Å². The van der Waals surface area contributed by atoms with Gasteiger partial charge in [-0.05, 0) is 41.8 Å².